The van der Waals surface area contributed by atoms with E-state index in [-0.39, 0.29) is 11.8 Å². The number of ether oxygens (including phenoxy) is 1. The van der Waals surface area contributed by atoms with Crippen LogP contribution >= 0.6 is 0 Å². The first kappa shape index (κ1) is 23.3. The molecule has 3 aromatic carbocycles. The summed E-state index contributed by atoms with van der Waals surface area (Å²) in [5, 5.41) is 0. The van der Waals surface area contributed by atoms with Crippen LogP contribution in [0.25, 0.3) is 5.57 Å². The molecule has 0 saturated carbocycles. The Morgan fingerprint density at radius 3 is 2.15 bits per heavy atom. The zero-order valence-electron chi connectivity index (χ0n) is 20.2. The van der Waals surface area contributed by atoms with Crippen LogP contribution in [0.2, 0.25) is 0 Å². The molecule has 2 amide bonds. The highest BCUT2D eigenvalue weighted by Crippen LogP contribution is 2.36. The number of imide groups is 1. The van der Waals surface area contributed by atoms with Gasteiger partial charge in [-0.25, -0.2) is 4.90 Å². The number of nitrogens with zero attached hydrogens (tertiary/aromatic N) is 2. The monoisotopic (exact) mass is 454 g/mol. The molecule has 3 aromatic rings. The molecule has 0 bridgehead atoms. The average molecular weight is 455 g/mol. The number of hydrogen-bond donors (Lipinski definition) is 0. The number of aryl methyl sites for hydroxylation is 2. The van der Waals surface area contributed by atoms with E-state index in [0.29, 0.717) is 42.4 Å². The van der Waals surface area contributed by atoms with Crippen molar-refractivity contribution in [3.63, 3.8) is 0 Å². The van der Waals surface area contributed by atoms with E-state index in [0.717, 1.165) is 22.3 Å². The molecule has 1 heterocycles. The first-order chi connectivity index (χ1) is 16.4. The third-order valence-corrected chi connectivity index (χ3v) is 6.18. The number of hydrogen-bond acceptors (Lipinski definition) is 4. The Bertz CT molecular complexity index is 1230. The van der Waals surface area contributed by atoms with Gasteiger partial charge in [0.25, 0.3) is 11.8 Å². The van der Waals surface area contributed by atoms with Crippen molar-refractivity contribution in [3.8, 4) is 5.75 Å². The van der Waals surface area contributed by atoms with Gasteiger partial charge >= 0.3 is 0 Å². The predicted octanol–water partition coefficient (Wildman–Crippen LogP) is 5.51. The van der Waals surface area contributed by atoms with Gasteiger partial charge in [-0.2, -0.15) is 0 Å². The number of likely N-dealkylation sites (N-methyl/N-ethyl adjacent to an activating group) is 1. The van der Waals surface area contributed by atoms with Crippen molar-refractivity contribution < 1.29 is 14.3 Å². The highest BCUT2D eigenvalue weighted by Gasteiger charge is 2.42. The standard InChI is InChI=1S/C29H30N2O3/c1-5-30(19-22-10-8-7-9-11-22)27-26(23-13-12-20(3)21(4)18-23)28(32)31(29(27)33)24-14-16-25(17-15-24)34-6-2/h7-18H,5-6,19H2,1-4H3. The van der Waals surface area contributed by atoms with Crippen LogP contribution < -0.4 is 9.64 Å². The second-order valence-corrected chi connectivity index (χ2v) is 8.40. The van der Waals surface area contributed by atoms with Crippen LogP contribution in [0.5, 0.6) is 5.75 Å². The van der Waals surface area contributed by atoms with Gasteiger partial charge in [-0.15, -0.1) is 0 Å². The average Bonchev–Trinajstić information content (AvgIpc) is 3.10. The minimum Gasteiger partial charge on any atom is -0.494 e. The van der Waals surface area contributed by atoms with Gasteiger partial charge in [0.15, 0.2) is 0 Å². The summed E-state index contributed by atoms with van der Waals surface area (Å²) in [6.45, 7) is 9.66. The fraction of sp³-hybridized carbons (Fsp3) is 0.241. The second kappa shape index (κ2) is 9.96. The minimum atomic E-state index is -0.307. The Hall–Kier alpha value is -3.86. The normalized spacial score (nSPS) is 13.6. The van der Waals surface area contributed by atoms with E-state index in [1.54, 1.807) is 24.3 Å². The lowest BCUT2D eigenvalue weighted by molar-refractivity contribution is -0.120. The quantitative estimate of drug-likeness (QED) is 0.421. The number of carbonyl (C=O) groups is 2. The van der Waals surface area contributed by atoms with Crippen molar-refractivity contribution in [3.05, 3.63) is 101 Å². The van der Waals surface area contributed by atoms with E-state index >= 15 is 0 Å². The third-order valence-electron chi connectivity index (χ3n) is 6.18. The molecule has 0 saturated heterocycles. The lowest BCUT2D eigenvalue weighted by atomic mass is 9.99. The van der Waals surface area contributed by atoms with Gasteiger partial charge in [0.1, 0.15) is 11.4 Å². The molecule has 0 atom stereocenters. The van der Waals surface area contributed by atoms with Gasteiger partial charge in [-0.05, 0) is 74.2 Å². The van der Waals surface area contributed by atoms with Crippen LogP contribution in [0.1, 0.15) is 36.1 Å². The zero-order chi connectivity index (χ0) is 24.2. The molecule has 0 fully saturated rings. The Labute approximate surface area is 201 Å². The van der Waals surface area contributed by atoms with Gasteiger partial charge in [-0.1, -0.05) is 48.5 Å². The van der Waals surface area contributed by atoms with Gasteiger partial charge < -0.3 is 9.64 Å². The van der Waals surface area contributed by atoms with Crippen molar-refractivity contribution in [1.29, 1.82) is 0 Å². The maximum absolute atomic E-state index is 13.8. The van der Waals surface area contributed by atoms with Crippen molar-refractivity contribution in [1.82, 2.24) is 4.90 Å². The molecule has 0 aromatic heterocycles. The second-order valence-electron chi connectivity index (χ2n) is 8.40. The summed E-state index contributed by atoms with van der Waals surface area (Å²) >= 11 is 0. The van der Waals surface area contributed by atoms with Crippen LogP contribution in [0, 0.1) is 13.8 Å². The van der Waals surface area contributed by atoms with Gasteiger partial charge in [0.2, 0.25) is 0 Å². The maximum Gasteiger partial charge on any atom is 0.282 e. The fourth-order valence-electron chi connectivity index (χ4n) is 4.21. The molecule has 0 spiro atoms. The Morgan fingerprint density at radius 1 is 0.824 bits per heavy atom. The third kappa shape index (κ3) is 4.46. The van der Waals surface area contributed by atoms with E-state index in [1.165, 1.54) is 4.90 Å². The molecule has 4 rings (SSSR count). The summed E-state index contributed by atoms with van der Waals surface area (Å²) in [6.07, 6.45) is 0. The van der Waals surface area contributed by atoms with E-state index in [4.69, 9.17) is 4.74 Å². The molecule has 1 aliphatic rings. The molecule has 5 heteroatoms. The topological polar surface area (TPSA) is 49.9 Å². The molecule has 0 unspecified atom stereocenters. The highest BCUT2D eigenvalue weighted by molar-refractivity contribution is 6.45. The Balaban J connectivity index is 1.81. The summed E-state index contributed by atoms with van der Waals surface area (Å²) in [7, 11) is 0. The lowest BCUT2D eigenvalue weighted by Crippen LogP contribution is -2.35. The molecule has 0 N–H and O–H groups in total. The van der Waals surface area contributed by atoms with Crippen LogP contribution in [0.4, 0.5) is 5.69 Å². The van der Waals surface area contributed by atoms with Crippen LogP contribution in [0.3, 0.4) is 0 Å². The van der Waals surface area contributed by atoms with Crippen LogP contribution in [-0.4, -0.2) is 29.9 Å². The van der Waals surface area contributed by atoms with E-state index in [2.05, 4.69) is 0 Å². The molecule has 34 heavy (non-hydrogen) atoms. The largest absolute Gasteiger partial charge is 0.494 e. The van der Waals surface area contributed by atoms with Gasteiger partial charge in [0, 0.05) is 13.1 Å². The Morgan fingerprint density at radius 2 is 1.53 bits per heavy atom. The van der Waals surface area contributed by atoms with E-state index in [1.807, 2.05) is 81.1 Å². The molecule has 1 aliphatic heterocycles. The minimum absolute atomic E-state index is 0.305. The number of rotatable bonds is 8. The van der Waals surface area contributed by atoms with Crippen molar-refractivity contribution in [2.24, 2.45) is 0 Å². The summed E-state index contributed by atoms with van der Waals surface area (Å²) in [4.78, 5) is 30.9. The fourth-order valence-corrected chi connectivity index (χ4v) is 4.21. The van der Waals surface area contributed by atoms with Crippen molar-refractivity contribution >= 4 is 23.1 Å². The summed E-state index contributed by atoms with van der Waals surface area (Å²) in [5.41, 5.74) is 5.48. The van der Waals surface area contributed by atoms with Crippen LogP contribution in [0.15, 0.2) is 78.5 Å². The molecule has 174 valence electrons. The molecular weight excluding hydrogens is 424 g/mol. The summed E-state index contributed by atoms with van der Waals surface area (Å²) in [5.74, 6) is 0.0891. The predicted molar refractivity (Wildman–Crippen MR) is 135 cm³/mol. The summed E-state index contributed by atoms with van der Waals surface area (Å²) < 4.78 is 5.53. The number of anilines is 1. The maximum atomic E-state index is 13.8. The summed E-state index contributed by atoms with van der Waals surface area (Å²) in [6, 6.07) is 23.0. The van der Waals surface area contributed by atoms with E-state index < -0.39 is 0 Å². The number of benzene rings is 3. The van der Waals surface area contributed by atoms with Crippen molar-refractivity contribution in [2.45, 2.75) is 34.2 Å². The molecular formula is C29H30N2O3. The first-order valence-electron chi connectivity index (χ1n) is 11.7. The highest BCUT2D eigenvalue weighted by atomic mass is 16.5. The Kier molecular flexibility index (Phi) is 6.82. The van der Waals surface area contributed by atoms with E-state index in [9.17, 15) is 9.59 Å². The molecule has 5 nitrogen and oxygen atoms in total. The lowest BCUT2D eigenvalue weighted by Gasteiger charge is -2.25. The zero-order valence-corrected chi connectivity index (χ0v) is 20.2. The number of amides is 2. The van der Waals surface area contributed by atoms with Crippen LogP contribution in [-0.2, 0) is 16.1 Å². The smallest absolute Gasteiger partial charge is 0.282 e. The SMILES string of the molecule is CCOc1ccc(N2C(=O)C(c3ccc(C)c(C)c3)=C(N(CC)Cc3ccccc3)C2=O)cc1. The van der Waals surface area contributed by atoms with Gasteiger partial charge in [-0.3, -0.25) is 9.59 Å². The molecule has 0 radical (unpaired) electrons. The first-order valence-corrected chi connectivity index (χ1v) is 11.7. The van der Waals surface area contributed by atoms with Crippen molar-refractivity contribution in [2.75, 3.05) is 18.1 Å². The molecule has 0 aliphatic carbocycles. The van der Waals surface area contributed by atoms with Gasteiger partial charge in [0.05, 0.1) is 17.9 Å². The number of carbonyl (C=O) groups excluding carboxylic acids is 2.